The highest BCUT2D eigenvalue weighted by atomic mass is 35.5. The molecule has 2 amide bonds. The summed E-state index contributed by atoms with van der Waals surface area (Å²) in [4.78, 5) is 44.6. The molecular weight excluding hydrogens is 380 g/mol. The average molecular weight is 397 g/mol. The summed E-state index contributed by atoms with van der Waals surface area (Å²) in [6.07, 6.45) is 1.64. The maximum atomic E-state index is 12.5. The van der Waals surface area contributed by atoms with Crippen LogP contribution < -0.4 is 5.56 Å². The van der Waals surface area contributed by atoms with Gasteiger partial charge in [-0.1, -0.05) is 29.8 Å². The highest BCUT2D eigenvalue weighted by molar-refractivity contribution is 6.35. The van der Waals surface area contributed by atoms with Gasteiger partial charge in [0, 0.05) is 36.9 Å². The molecule has 1 fully saturated rings. The number of halogens is 1. The summed E-state index contributed by atoms with van der Waals surface area (Å²) in [6, 6.07) is 13.9. The van der Waals surface area contributed by atoms with Gasteiger partial charge in [-0.05, 0) is 29.8 Å². The first kappa shape index (κ1) is 18.2. The molecule has 3 aromatic rings. The third-order valence-corrected chi connectivity index (χ3v) is 4.87. The van der Waals surface area contributed by atoms with Crippen molar-refractivity contribution in [2.45, 2.75) is 13.1 Å². The molecule has 0 N–H and O–H groups in total. The minimum Gasteiger partial charge on any atom is -0.328 e. The number of aromatic nitrogens is 2. The van der Waals surface area contributed by atoms with Gasteiger partial charge in [0.15, 0.2) is 0 Å². The molecule has 0 aliphatic carbocycles. The van der Waals surface area contributed by atoms with Crippen molar-refractivity contribution in [3.8, 4) is 0 Å². The number of fused-ring (bicyclic) bond motifs is 1. The number of hydrogen-bond donors (Lipinski definition) is 0. The third kappa shape index (κ3) is 3.61. The lowest BCUT2D eigenvalue weighted by molar-refractivity contribution is -0.156. The quantitative estimate of drug-likeness (QED) is 0.629. The Morgan fingerprint density at radius 1 is 0.893 bits per heavy atom. The van der Waals surface area contributed by atoms with Crippen molar-refractivity contribution in [3.63, 3.8) is 0 Å². The van der Waals surface area contributed by atoms with Crippen LogP contribution in [0.1, 0.15) is 11.3 Å². The number of amides is 2. The molecule has 8 heteroatoms. The fraction of sp³-hybridized carbons (Fsp3) is 0.200. The molecule has 0 saturated carbocycles. The maximum Gasteiger partial charge on any atom is 0.312 e. The minimum absolute atomic E-state index is 0.121. The molecule has 0 atom stereocenters. The lowest BCUT2D eigenvalue weighted by Gasteiger charge is -2.33. The second kappa shape index (κ2) is 7.44. The highest BCUT2D eigenvalue weighted by Gasteiger charge is 2.32. The predicted octanol–water partition coefficient (Wildman–Crippen LogP) is 1.72. The number of piperazine rings is 1. The van der Waals surface area contributed by atoms with E-state index in [-0.39, 0.29) is 12.1 Å². The van der Waals surface area contributed by atoms with E-state index in [1.807, 2.05) is 12.1 Å². The maximum absolute atomic E-state index is 12.5. The van der Waals surface area contributed by atoms with E-state index >= 15 is 0 Å². The third-order valence-electron chi connectivity index (χ3n) is 4.64. The zero-order valence-corrected chi connectivity index (χ0v) is 15.7. The fourth-order valence-electron chi connectivity index (χ4n) is 3.25. The number of hydrogen-bond acceptors (Lipinski definition) is 4. The summed E-state index contributed by atoms with van der Waals surface area (Å²) in [7, 11) is 0. The summed E-state index contributed by atoms with van der Waals surface area (Å²) < 4.78 is 1.43. The number of rotatable bonds is 4. The van der Waals surface area contributed by atoms with Gasteiger partial charge in [0.2, 0.25) is 0 Å². The Balaban J connectivity index is 1.49. The molecule has 0 spiro atoms. The van der Waals surface area contributed by atoms with Crippen molar-refractivity contribution < 1.29 is 9.59 Å². The van der Waals surface area contributed by atoms with Crippen LogP contribution in [0.25, 0.3) is 5.65 Å². The zero-order valence-electron chi connectivity index (χ0n) is 14.9. The van der Waals surface area contributed by atoms with Gasteiger partial charge in [-0.3, -0.25) is 18.8 Å². The molecule has 142 valence electrons. The van der Waals surface area contributed by atoms with Crippen molar-refractivity contribution in [3.05, 3.63) is 81.4 Å². The smallest absolute Gasteiger partial charge is 0.312 e. The Bertz CT molecular complexity index is 1130. The Labute approximate surface area is 165 Å². The van der Waals surface area contributed by atoms with Crippen LogP contribution >= 0.6 is 11.6 Å². The van der Waals surface area contributed by atoms with Crippen molar-refractivity contribution in [1.29, 1.82) is 0 Å². The Morgan fingerprint density at radius 2 is 1.64 bits per heavy atom. The molecule has 1 saturated heterocycles. The van der Waals surface area contributed by atoms with Crippen molar-refractivity contribution >= 4 is 29.1 Å². The minimum atomic E-state index is -0.594. The van der Waals surface area contributed by atoms with E-state index in [0.29, 0.717) is 36.0 Å². The molecule has 1 aliphatic rings. The van der Waals surface area contributed by atoms with Crippen LogP contribution in [0.15, 0.2) is 59.5 Å². The second-order valence-corrected chi connectivity index (χ2v) is 7.03. The van der Waals surface area contributed by atoms with Gasteiger partial charge in [-0.2, -0.15) is 0 Å². The van der Waals surface area contributed by atoms with E-state index in [9.17, 15) is 14.4 Å². The molecular formula is C20H17ClN4O3. The van der Waals surface area contributed by atoms with Crippen LogP contribution in [-0.4, -0.2) is 44.1 Å². The van der Waals surface area contributed by atoms with Gasteiger partial charge in [0.25, 0.3) is 5.56 Å². The summed E-state index contributed by atoms with van der Waals surface area (Å²) in [5, 5.41) is 0.587. The average Bonchev–Trinajstić information content (AvgIpc) is 2.68. The van der Waals surface area contributed by atoms with Crippen LogP contribution in [0.4, 0.5) is 0 Å². The molecule has 3 heterocycles. The van der Waals surface area contributed by atoms with Crippen LogP contribution in [0.5, 0.6) is 0 Å². The van der Waals surface area contributed by atoms with E-state index in [2.05, 4.69) is 4.98 Å². The lowest BCUT2D eigenvalue weighted by atomic mass is 10.2. The van der Waals surface area contributed by atoms with E-state index in [1.54, 1.807) is 36.5 Å². The second-order valence-electron chi connectivity index (χ2n) is 6.60. The van der Waals surface area contributed by atoms with Crippen molar-refractivity contribution in [1.82, 2.24) is 19.2 Å². The normalized spacial score (nSPS) is 14.8. The fourth-order valence-corrected chi connectivity index (χ4v) is 3.46. The van der Waals surface area contributed by atoms with E-state index in [0.717, 1.165) is 5.56 Å². The SMILES string of the molecule is O=C1C(=O)N(Cc2cc(=O)n3ccccc3n2)CCN1Cc1cccc(Cl)c1. The summed E-state index contributed by atoms with van der Waals surface area (Å²) in [6.45, 7) is 1.23. The summed E-state index contributed by atoms with van der Waals surface area (Å²) in [5.41, 5.74) is 1.61. The zero-order chi connectivity index (χ0) is 19.7. The van der Waals surface area contributed by atoms with Crippen molar-refractivity contribution in [2.24, 2.45) is 0 Å². The summed E-state index contributed by atoms with van der Waals surface area (Å²) >= 11 is 5.98. The Kier molecular flexibility index (Phi) is 4.83. The first-order chi connectivity index (χ1) is 13.5. The van der Waals surface area contributed by atoms with Crippen LogP contribution in [-0.2, 0) is 22.7 Å². The molecule has 0 radical (unpaired) electrons. The molecule has 1 aromatic carbocycles. The van der Waals surface area contributed by atoms with Gasteiger partial charge >= 0.3 is 11.8 Å². The largest absolute Gasteiger partial charge is 0.328 e. The molecule has 2 aromatic heterocycles. The number of pyridine rings is 1. The highest BCUT2D eigenvalue weighted by Crippen LogP contribution is 2.16. The van der Waals surface area contributed by atoms with E-state index in [4.69, 9.17) is 11.6 Å². The van der Waals surface area contributed by atoms with E-state index < -0.39 is 11.8 Å². The van der Waals surface area contributed by atoms with Gasteiger partial charge in [0.05, 0.1) is 12.2 Å². The molecule has 4 rings (SSSR count). The topological polar surface area (TPSA) is 75.0 Å². The van der Waals surface area contributed by atoms with Gasteiger partial charge in [-0.25, -0.2) is 4.98 Å². The molecule has 0 bridgehead atoms. The van der Waals surface area contributed by atoms with Crippen LogP contribution in [0.3, 0.4) is 0 Å². The molecule has 0 unspecified atom stereocenters. The van der Waals surface area contributed by atoms with Gasteiger partial charge < -0.3 is 9.80 Å². The van der Waals surface area contributed by atoms with Crippen LogP contribution in [0, 0.1) is 0 Å². The predicted molar refractivity (Wildman–Crippen MR) is 104 cm³/mol. The van der Waals surface area contributed by atoms with E-state index in [1.165, 1.54) is 20.3 Å². The molecule has 1 aliphatic heterocycles. The Hall–Kier alpha value is -3.19. The summed E-state index contributed by atoms with van der Waals surface area (Å²) in [5.74, 6) is -1.16. The number of carbonyl (C=O) groups excluding carboxylic acids is 2. The Morgan fingerprint density at radius 3 is 2.39 bits per heavy atom. The number of carbonyl (C=O) groups is 2. The monoisotopic (exact) mass is 396 g/mol. The van der Waals surface area contributed by atoms with Crippen LogP contribution in [0.2, 0.25) is 5.02 Å². The standard InChI is InChI=1S/C20H17ClN4O3/c21-15-5-3-4-14(10-15)12-23-8-9-24(20(28)19(23)27)13-16-11-18(26)25-7-2-1-6-17(25)22-16/h1-7,10-11H,8-9,12-13H2. The number of nitrogens with zero attached hydrogens (tertiary/aromatic N) is 4. The number of benzene rings is 1. The molecule has 7 nitrogen and oxygen atoms in total. The lowest BCUT2D eigenvalue weighted by Crippen LogP contribution is -2.53. The van der Waals surface area contributed by atoms with Gasteiger partial charge in [-0.15, -0.1) is 0 Å². The first-order valence-electron chi connectivity index (χ1n) is 8.81. The van der Waals surface area contributed by atoms with Gasteiger partial charge in [0.1, 0.15) is 5.65 Å². The molecule has 28 heavy (non-hydrogen) atoms. The first-order valence-corrected chi connectivity index (χ1v) is 9.19. The van der Waals surface area contributed by atoms with Crippen molar-refractivity contribution in [2.75, 3.05) is 13.1 Å².